The molecule has 2 atom stereocenters. The highest BCUT2D eigenvalue weighted by atomic mass is 16.7. The summed E-state index contributed by atoms with van der Waals surface area (Å²) in [6.45, 7) is 4.45. The molecule has 1 heterocycles. The zero-order valence-corrected chi connectivity index (χ0v) is 9.89. The molecule has 5 heteroatoms. The van der Waals surface area contributed by atoms with Crippen LogP contribution in [-0.2, 0) is 23.7 Å². The number of hydrogen-bond acceptors (Lipinski definition) is 5. The van der Waals surface area contributed by atoms with Crippen molar-refractivity contribution in [2.24, 2.45) is 0 Å². The van der Waals surface area contributed by atoms with Crippen LogP contribution in [0, 0.1) is 0 Å². The summed E-state index contributed by atoms with van der Waals surface area (Å²) in [5.74, 6) is -0.313. The van der Waals surface area contributed by atoms with Crippen LogP contribution in [-0.4, -0.2) is 38.7 Å². The van der Waals surface area contributed by atoms with Crippen LogP contribution < -0.4 is 0 Å². The number of methoxy groups -OCH3 is 1. The van der Waals surface area contributed by atoms with E-state index >= 15 is 0 Å². The summed E-state index contributed by atoms with van der Waals surface area (Å²) in [4.78, 5) is 11.5. The minimum Gasteiger partial charge on any atom is -0.460 e. The van der Waals surface area contributed by atoms with E-state index < -0.39 is 12.3 Å². The summed E-state index contributed by atoms with van der Waals surface area (Å²) in [7, 11) is 1.58. The zero-order valence-electron chi connectivity index (χ0n) is 9.89. The predicted molar refractivity (Wildman–Crippen MR) is 56.6 cm³/mol. The van der Waals surface area contributed by atoms with Crippen molar-refractivity contribution in [3.63, 3.8) is 0 Å². The van der Waals surface area contributed by atoms with Gasteiger partial charge in [-0.3, -0.25) is 0 Å². The Balaban J connectivity index is 2.66. The molecular weight excluding hydrogens is 212 g/mol. The minimum atomic E-state index is -0.478. The van der Waals surface area contributed by atoms with Gasteiger partial charge in [0.05, 0.1) is 12.7 Å². The normalized spacial score (nSPS) is 24.6. The molecule has 0 saturated carbocycles. The van der Waals surface area contributed by atoms with E-state index in [1.54, 1.807) is 20.1 Å². The van der Waals surface area contributed by atoms with Crippen molar-refractivity contribution in [1.82, 2.24) is 0 Å². The predicted octanol–water partition coefficient (Wildman–Crippen LogP) is 1.23. The topological polar surface area (TPSA) is 54.0 Å². The Labute approximate surface area is 95.3 Å². The van der Waals surface area contributed by atoms with E-state index in [9.17, 15) is 4.79 Å². The largest absolute Gasteiger partial charge is 0.460 e. The van der Waals surface area contributed by atoms with E-state index in [0.717, 1.165) is 0 Å². The lowest BCUT2D eigenvalue weighted by molar-refractivity contribution is -0.166. The first kappa shape index (κ1) is 13.0. The summed E-state index contributed by atoms with van der Waals surface area (Å²) >= 11 is 0. The average molecular weight is 230 g/mol. The van der Waals surface area contributed by atoms with Crippen molar-refractivity contribution in [2.45, 2.75) is 32.7 Å². The fraction of sp³-hybridized carbons (Fsp3) is 0.727. The van der Waals surface area contributed by atoms with Crippen LogP contribution in [0.5, 0.6) is 0 Å². The number of carbonyl (C=O) groups is 1. The molecule has 0 unspecified atom stereocenters. The van der Waals surface area contributed by atoms with Gasteiger partial charge in [-0.2, -0.15) is 0 Å². The maximum absolute atomic E-state index is 11.5. The number of carbonyl (C=O) groups excluding carboxylic acids is 1. The molecule has 0 N–H and O–H groups in total. The lowest BCUT2D eigenvalue weighted by Crippen LogP contribution is -2.31. The van der Waals surface area contributed by atoms with E-state index in [1.807, 2.05) is 6.92 Å². The van der Waals surface area contributed by atoms with E-state index in [1.165, 1.54) is 0 Å². The molecule has 0 bridgehead atoms. The van der Waals surface area contributed by atoms with Gasteiger partial charge in [0, 0.05) is 20.1 Å². The van der Waals surface area contributed by atoms with Gasteiger partial charge in [-0.05, 0) is 19.9 Å². The third-order valence-corrected chi connectivity index (χ3v) is 2.15. The van der Waals surface area contributed by atoms with Gasteiger partial charge >= 0.3 is 5.97 Å². The van der Waals surface area contributed by atoms with Gasteiger partial charge in [0.25, 0.3) is 0 Å². The Hall–Kier alpha value is -1.07. The first-order valence-electron chi connectivity index (χ1n) is 5.41. The molecule has 0 aromatic rings. The molecule has 0 aromatic heterocycles. The molecule has 1 aliphatic heterocycles. The molecule has 0 radical (unpaired) electrons. The van der Waals surface area contributed by atoms with Crippen LogP contribution in [0.1, 0.15) is 20.3 Å². The first-order valence-corrected chi connectivity index (χ1v) is 5.41. The van der Waals surface area contributed by atoms with E-state index in [-0.39, 0.29) is 11.9 Å². The van der Waals surface area contributed by atoms with E-state index in [2.05, 4.69) is 0 Å². The van der Waals surface area contributed by atoms with Crippen LogP contribution in [0.25, 0.3) is 0 Å². The quantitative estimate of drug-likeness (QED) is 0.665. The minimum absolute atomic E-state index is 0.165. The number of ether oxygens (including phenoxy) is 4. The Kier molecular flexibility index (Phi) is 5.28. The Morgan fingerprint density at radius 2 is 2.25 bits per heavy atom. The van der Waals surface area contributed by atoms with Gasteiger partial charge in [0.15, 0.2) is 0 Å². The molecule has 1 aliphatic rings. The molecule has 92 valence electrons. The van der Waals surface area contributed by atoms with E-state index in [0.29, 0.717) is 19.6 Å². The summed E-state index contributed by atoms with van der Waals surface area (Å²) in [6, 6.07) is 0. The van der Waals surface area contributed by atoms with Gasteiger partial charge in [-0.15, -0.1) is 0 Å². The standard InChI is InChI=1S/C11H18O5/c1-4-14-10-7-8(13-3)6-9(16-10)11(12)15-5-2/h6,8,10H,4-5,7H2,1-3H3/t8-,10+/m0/s1. The summed E-state index contributed by atoms with van der Waals surface area (Å²) in [6.07, 6.45) is 1.57. The van der Waals surface area contributed by atoms with Gasteiger partial charge < -0.3 is 18.9 Å². The van der Waals surface area contributed by atoms with Gasteiger partial charge in [-0.25, -0.2) is 4.79 Å². The van der Waals surface area contributed by atoms with Crippen molar-refractivity contribution in [2.75, 3.05) is 20.3 Å². The van der Waals surface area contributed by atoms with Gasteiger partial charge in [0.1, 0.15) is 0 Å². The second-order valence-electron chi connectivity index (χ2n) is 3.26. The lowest BCUT2D eigenvalue weighted by atomic mass is 10.2. The smallest absolute Gasteiger partial charge is 0.373 e. The monoisotopic (exact) mass is 230 g/mol. The Morgan fingerprint density at radius 1 is 1.50 bits per heavy atom. The highest BCUT2D eigenvalue weighted by Gasteiger charge is 2.28. The number of esters is 1. The molecule has 0 fully saturated rings. The van der Waals surface area contributed by atoms with Crippen molar-refractivity contribution >= 4 is 5.97 Å². The maximum Gasteiger partial charge on any atom is 0.373 e. The highest BCUT2D eigenvalue weighted by molar-refractivity contribution is 5.86. The molecule has 1 rings (SSSR count). The Bertz CT molecular complexity index is 261. The third-order valence-electron chi connectivity index (χ3n) is 2.15. The van der Waals surface area contributed by atoms with Crippen molar-refractivity contribution in [3.05, 3.63) is 11.8 Å². The lowest BCUT2D eigenvalue weighted by Gasteiger charge is -2.27. The molecule has 0 spiro atoms. The fourth-order valence-electron chi connectivity index (χ4n) is 1.43. The number of hydrogen-bond donors (Lipinski definition) is 0. The van der Waals surface area contributed by atoms with Crippen LogP contribution in [0.15, 0.2) is 11.8 Å². The van der Waals surface area contributed by atoms with Crippen molar-refractivity contribution < 1.29 is 23.7 Å². The maximum atomic E-state index is 11.5. The second-order valence-corrected chi connectivity index (χ2v) is 3.26. The average Bonchev–Trinajstić information content (AvgIpc) is 2.29. The summed E-state index contributed by atoms with van der Waals surface area (Å²) < 4.78 is 20.7. The molecule has 0 amide bonds. The molecule has 5 nitrogen and oxygen atoms in total. The second kappa shape index (κ2) is 6.50. The first-order chi connectivity index (χ1) is 7.71. The summed E-state index contributed by atoms with van der Waals surface area (Å²) in [5.41, 5.74) is 0. The molecule has 0 aliphatic carbocycles. The van der Waals surface area contributed by atoms with E-state index in [4.69, 9.17) is 18.9 Å². The molecule has 0 saturated heterocycles. The van der Waals surface area contributed by atoms with Crippen LogP contribution in [0.2, 0.25) is 0 Å². The van der Waals surface area contributed by atoms with Crippen LogP contribution >= 0.6 is 0 Å². The van der Waals surface area contributed by atoms with Gasteiger partial charge in [-0.1, -0.05) is 0 Å². The van der Waals surface area contributed by atoms with Crippen LogP contribution in [0.4, 0.5) is 0 Å². The fourth-order valence-corrected chi connectivity index (χ4v) is 1.43. The third kappa shape index (κ3) is 3.50. The Morgan fingerprint density at radius 3 is 2.81 bits per heavy atom. The van der Waals surface area contributed by atoms with Crippen LogP contribution in [0.3, 0.4) is 0 Å². The van der Waals surface area contributed by atoms with Crippen molar-refractivity contribution in [3.8, 4) is 0 Å². The zero-order chi connectivity index (χ0) is 12.0. The summed E-state index contributed by atoms with van der Waals surface area (Å²) in [5, 5.41) is 0. The van der Waals surface area contributed by atoms with Crippen molar-refractivity contribution in [1.29, 1.82) is 0 Å². The van der Waals surface area contributed by atoms with Gasteiger partial charge in [0.2, 0.25) is 12.0 Å². The number of rotatable bonds is 5. The highest BCUT2D eigenvalue weighted by Crippen LogP contribution is 2.21. The SMILES string of the molecule is CCOC(=O)C1=C[C@H](OC)C[C@H](OCC)O1. The molecule has 0 aromatic carbocycles. The molecular formula is C11H18O5. The molecule has 16 heavy (non-hydrogen) atoms.